The van der Waals surface area contributed by atoms with Crippen LogP contribution in [0.1, 0.15) is 21.6 Å². The fourth-order valence-corrected chi connectivity index (χ4v) is 3.30. The number of aromatic nitrogens is 4. The van der Waals surface area contributed by atoms with E-state index in [9.17, 15) is 4.79 Å². The average molecular weight is 351 g/mol. The van der Waals surface area contributed by atoms with Crippen LogP contribution in [-0.2, 0) is 11.2 Å². The molecule has 1 atom stereocenters. The molecule has 1 fully saturated rings. The molecule has 134 valence electrons. The summed E-state index contributed by atoms with van der Waals surface area (Å²) in [7, 11) is 0. The molecule has 0 saturated carbocycles. The van der Waals surface area contributed by atoms with Crippen molar-refractivity contribution in [1.82, 2.24) is 24.5 Å². The van der Waals surface area contributed by atoms with Crippen LogP contribution in [0.2, 0.25) is 0 Å². The minimum Gasteiger partial charge on any atom is -0.379 e. The minimum atomic E-state index is 0.00900. The number of carbonyl (C=O) groups is 1. The van der Waals surface area contributed by atoms with E-state index in [4.69, 9.17) is 4.74 Å². The number of hydrogen-bond acceptors (Lipinski definition) is 5. The highest BCUT2D eigenvalue weighted by atomic mass is 16.5. The molecule has 0 N–H and O–H groups in total. The predicted molar refractivity (Wildman–Crippen MR) is 95.9 cm³/mol. The second-order valence-corrected chi connectivity index (χ2v) is 6.70. The summed E-state index contributed by atoms with van der Waals surface area (Å²) in [5, 5.41) is 4.58. The number of rotatable bonds is 3. The van der Waals surface area contributed by atoms with Gasteiger partial charge >= 0.3 is 0 Å². The van der Waals surface area contributed by atoms with Crippen LogP contribution in [0.4, 0.5) is 0 Å². The SMILES string of the molecule is Cc1cncc(C(=O)N2CCOC[C@H](Cc3ccc4nccn4n3)C2)c1. The lowest BCUT2D eigenvalue weighted by Crippen LogP contribution is -2.36. The van der Waals surface area contributed by atoms with Crippen LogP contribution >= 0.6 is 0 Å². The standard InChI is InChI=1S/C19H21N5O2/c1-14-8-16(11-20-10-14)19(25)23-6-7-26-13-15(12-23)9-17-2-3-18-21-4-5-24(18)22-17/h2-5,8,10-11,15H,6-7,9,12-13H2,1H3/t15-/m1/s1. The zero-order valence-corrected chi connectivity index (χ0v) is 14.7. The number of ether oxygens (including phenoxy) is 1. The van der Waals surface area contributed by atoms with Gasteiger partial charge in [0.25, 0.3) is 5.91 Å². The molecule has 0 spiro atoms. The maximum Gasteiger partial charge on any atom is 0.255 e. The molecule has 0 aliphatic carbocycles. The van der Waals surface area contributed by atoms with Gasteiger partial charge in [-0.1, -0.05) is 0 Å². The highest BCUT2D eigenvalue weighted by Crippen LogP contribution is 2.16. The predicted octanol–water partition coefficient (Wildman–Crippen LogP) is 1.76. The Labute approximate surface area is 151 Å². The first-order valence-corrected chi connectivity index (χ1v) is 8.77. The van der Waals surface area contributed by atoms with Gasteiger partial charge in [0.15, 0.2) is 5.65 Å². The lowest BCUT2D eigenvalue weighted by molar-refractivity contribution is 0.0736. The van der Waals surface area contributed by atoms with E-state index in [1.807, 2.05) is 36.2 Å². The van der Waals surface area contributed by atoms with Crippen molar-refractivity contribution in [2.75, 3.05) is 26.3 Å². The van der Waals surface area contributed by atoms with E-state index in [0.29, 0.717) is 31.9 Å². The lowest BCUT2D eigenvalue weighted by Gasteiger charge is -2.23. The number of aryl methyl sites for hydroxylation is 1. The molecule has 4 rings (SSSR count). The highest BCUT2D eigenvalue weighted by molar-refractivity contribution is 5.94. The fourth-order valence-electron chi connectivity index (χ4n) is 3.30. The molecule has 7 nitrogen and oxygen atoms in total. The first-order valence-electron chi connectivity index (χ1n) is 8.77. The second-order valence-electron chi connectivity index (χ2n) is 6.70. The normalized spacial score (nSPS) is 18.0. The quantitative estimate of drug-likeness (QED) is 0.719. The van der Waals surface area contributed by atoms with Gasteiger partial charge in [-0.2, -0.15) is 5.10 Å². The summed E-state index contributed by atoms with van der Waals surface area (Å²) in [5.74, 6) is 0.211. The van der Waals surface area contributed by atoms with E-state index in [0.717, 1.165) is 23.3 Å². The number of hydrogen-bond donors (Lipinski definition) is 0. The van der Waals surface area contributed by atoms with Gasteiger partial charge in [-0.3, -0.25) is 9.78 Å². The Bertz CT molecular complexity index is 923. The van der Waals surface area contributed by atoms with Gasteiger partial charge in [-0.25, -0.2) is 9.50 Å². The fraction of sp³-hybridized carbons (Fsp3) is 0.368. The van der Waals surface area contributed by atoms with Gasteiger partial charge in [0.05, 0.1) is 24.5 Å². The molecule has 3 aromatic heterocycles. The number of fused-ring (bicyclic) bond motifs is 1. The lowest BCUT2D eigenvalue weighted by atomic mass is 10.0. The molecule has 3 aromatic rings. The Balaban J connectivity index is 1.49. The van der Waals surface area contributed by atoms with Crippen molar-refractivity contribution >= 4 is 11.6 Å². The molecule has 0 aromatic carbocycles. The van der Waals surface area contributed by atoms with Gasteiger partial charge in [0, 0.05) is 43.8 Å². The van der Waals surface area contributed by atoms with E-state index in [2.05, 4.69) is 15.1 Å². The summed E-state index contributed by atoms with van der Waals surface area (Å²) in [6, 6.07) is 5.83. The maximum absolute atomic E-state index is 12.8. The highest BCUT2D eigenvalue weighted by Gasteiger charge is 2.24. The largest absolute Gasteiger partial charge is 0.379 e. The van der Waals surface area contributed by atoms with Crippen molar-refractivity contribution in [3.63, 3.8) is 0 Å². The molecule has 7 heteroatoms. The van der Waals surface area contributed by atoms with Gasteiger partial charge in [0.2, 0.25) is 0 Å². The van der Waals surface area contributed by atoms with Crippen molar-refractivity contribution in [3.8, 4) is 0 Å². The van der Waals surface area contributed by atoms with Crippen LogP contribution in [-0.4, -0.2) is 56.7 Å². The third-order valence-corrected chi connectivity index (χ3v) is 4.55. The van der Waals surface area contributed by atoms with E-state index >= 15 is 0 Å². The smallest absolute Gasteiger partial charge is 0.255 e. The number of nitrogens with zero attached hydrogens (tertiary/aromatic N) is 5. The molecule has 1 aliphatic rings. The van der Waals surface area contributed by atoms with Crippen LogP contribution in [0.3, 0.4) is 0 Å². The van der Waals surface area contributed by atoms with Crippen LogP contribution in [0.15, 0.2) is 43.0 Å². The number of imidazole rings is 1. The molecular formula is C19H21N5O2. The summed E-state index contributed by atoms with van der Waals surface area (Å²) in [6.07, 6.45) is 7.71. The Morgan fingerprint density at radius 2 is 2.27 bits per heavy atom. The average Bonchev–Trinajstić information content (AvgIpc) is 2.99. The molecule has 1 aliphatic heterocycles. The van der Waals surface area contributed by atoms with Crippen molar-refractivity contribution in [2.24, 2.45) is 5.92 Å². The Kier molecular flexibility index (Phi) is 4.62. The third-order valence-electron chi connectivity index (χ3n) is 4.55. The van der Waals surface area contributed by atoms with Gasteiger partial charge in [0.1, 0.15) is 0 Å². The van der Waals surface area contributed by atoms with Crippen LogP contribution < -0.4 is 0 Å². The maximum atomic E-state index is 12.8. The summed E-state index contributed by atoms with van der Waals surface area (Å²) < 4.78 is 7.51. The Morgan fingerprint density at radius 3 is 3.15 bits per heavy atom. The molecule has 26 heavy (non-hydrogen) atoms. The monoisotopic (exact) mass is 351 g/mol. The molecule has 0 radical (unpaired) electrons. The third kappa shape index (κ3) is 3.57. The first kappa shape index (κ1) is 16.7. The Hall–Kier alpha value is -2.80. The first-order chi connectivity index (χ1) is 12.7. The summed E-state index contributed by atoms with van der Waals surface area (Å²) in [6.45, 7) is 4.36. The number of pyridine rings is 1. The van der Waals surface area contributed by atoms with E-state index in [-0.39, 0.29) is 11.8 Å². The molecule has 0 unspecified atom stereocenters. The molecule has 1 saturated heterocycles. The van der Waals surface area contributed by atoms with Crippen molar-refractivity contribution in [2.45, 2.75) is 13.3 Å². The van der Waals surface area contributed by atoms with Crippen molar-refractivity contribution < 1.29 is 9.53 Å². The van der Waals surface area contributed by atoms with E-state index < -0.39 is 0 Å². The van der Waals surface area contributed by atoms with E-state index in [1.165, 1.54) is 0 Å². The Morgan fingerprint density at radius 1 is 1.35 bits per heavy atom. The van der Waals surface area contributed by atoms with E-state index in [1.54, 1.807) is 23.1 Å². The number of carbonyl (C=O) groups excluding carboxylic acids is 1. The molecular weight excluding hydrogens is 330 g/mol. The van der Waals surface area contributed by atoms with Crippen LogP contribution in [0.25, 0.3) is 5.65 Å². The van der Waals surface area contributed by atoms with Gasteiger partial charge in [-0.05, 0) is 37.1 Å². The molecule has 0 bridgehead atoms. The van der Waals surface area contributed by atoms with Crippen LogP contribution in [0.5, 0.6) is 0 Å². The minimum absolute atomic E-state index is 0.00900. The topological polar surface area (TPSA) is 72.6 Å². The number of amides is 1. The zero-order valence-electron chi connectivity index (χ0n) is 14.7. The zero-order chi connectivity index (χ0) is 17.9. The summed E-state index contributed by atoms with van der Waals surface area (Å²) in [5.41, 5.74) is 3.41. The summed E-state index contributed by atoms with van der Waals surface area (Å²) in [4.78, 5) is 23.1. The van der Waals surface area contributed by atoms with Crippen LogP contribution in [0, 0.1) is 12.8 Å². The molecule has 1 amide bonds. The van der Waals surface area contributed by atoms with Gasteiger partial charge in [-0.15, -0.1) is 0 Å². The van der Waals surface area contributed by atoms with Gasteiger partial charge < -0.3 is 9.64 Å². The molecule has 4 heterocycles. The van der Waals surface area contributed by atoms with Crippen molar-refractivity contribution in [3.05, 3.63) is 59.8 Å². The second kappa shape index (κ2) is 7.21. The summed E-state index contributed by atoms with van der Waals surface area (Å²) >= 11 is 0. The van der Waals surface area contributed by atoms with Crippen molar-refractivity contribution in [1.29, 1.82) is 0 Å².